The quantitative estimate of drug-likeness (QED) is 0.351. The van der Waals surface area contributed by atoms with E-state index < -0.39 is 26.1 Å². The van der Waals surface area contributed by atoms with E-state index >= 15 is 0 Å². The predicted octanol–water partition coefficient (Wildman–Crippen LogP) is 0.0964. The highest BCUT2D eigenvalue weighted by atomic mass is 32.2. The molecule has 2 heterocycles. The number of sulfone groups is 1. The Kier molecular flexibility index (Phi) is 6.14. The Morgan fingerprint density at radius 3 is 2.48 bits per heavy atom. The van der Waals surface area contributed by atoms with Crippen LogP contribution in [0, 0.1) is 23.7 Å². The Morgan fingerprint density at radius 2 is 1.97 bits per heavy atom. The highest BCUT2D eigenvalue weighted by Gasteiger charge is 2.44. The Bertz CT molecular complexity index is 1060. The third-order valence-electron chi connectivity index (χ3n) is 4.63. The Hall–Kier alpha value is -2.79. The third kappa shape index (κ3) is 4.98. The summed E-state index contributed by atoms with van der Waals surface area (Å²) in [5, 5.41) is 18.4. The molecule has 1 atom stereocenters. The van der Waals surface area contributed by atoms with Gasteiger partial charge >= 0.3 is 6.03 Å². The molecule has 2 rings (SSSR count). The van der Waals surface area contributed by atoms with Gasteiger partial charge in [-0.2, -0.15) is 0 Å². The van der Waals surface area contributed by atoms with Crippen LogP contribution in [0.4, 0.5) is 4.79 Å². The van der Waals surface area contributed by atoms with Gasteiger partial charge in [-0.05, 0) is 45.1 Å². The largest absolute Gasteiger partial charge is 0.378 e. The first-order valence-electron chi connectivity index (χ1n) is 8.69. The fraction of sp³-hybridized carbons (Fsp3) is 0.474. The fourth-order valence-corrected chi connectivity index (χ4v) is 3.53. The molecule has 0 saturated heterocycles. The van der Waals surface area contributed by atoms with Crippen molar-refractivity contribution in [1.29, 1.82) is 0 Å². The first-order valence-corrected chi connectivity index (χ1v) is 10.6. The minimum atomic E-state index is -3.83. The van der Waals surface area contributed by atoms with Gasteiger partial charge in [0.15, 0.2) is 14.6 Å². The van der Waals surface area contributed by atoms with E-state index in [4.69, 9.17) is 5.21 Å². The highest BCUT2D eigenvalue weighted by molar-refractivity contribution is 7.92. The molecule has 1 aliphatic rings. The van der Waals surface area contributed by atoms with Crippen LogP contribution in [-0.2, 0) is 21.2 Å². The number of aliphatic hydroxyl groups is 1. The van der Waals surface area contributed by atoms with Crippen LogP contribution in [0.5, 0.6) is 0 Å². The van der Waals surface area contributed by atoms with Crippen molar-refractivity contribution < 1.29 is 28.3 Å². The molecule has 0 radical (unpaired) electrons. The molecule has 1 aromatic rings. The Morgan fingerprint density at radius 1 is 1.31 bits per heavy atom. The first kappa shape index (κ1) is 22.5. The Labute approximate surface area is 169 Å². The number of carbonyl (C=O) groups excluding carboxylic acids is 2. The maximum atomic E-state index is 12.6. The van der Waals surface area contributed by atoms with E-state index in [1.54, 1.807) is 26.1 Å². The van der Waals surface area contributed by atoms with Crippen LogP contribution in [0.25, 0.3) is 0 Å². The van der Waals surface area contributed by atoms with Gasteiger partial charge in [0.25, 0.3) is 5.91 Å². The smallest absolute Gasteiger partial charge is 0.328 e. The molecule has 1 aromatic heterocycles. The monoisotopic (exact) mass is 421 g/mol. The van der Waals surface area contributed by atoms with Crippen LogP contribution in [0.1, 0.15) is 38.4 Å². The van der Waals surface area contributed by atoms with Crippen LogP contribution in [-0.4, -0.2) is 63.3 Å². The van der Waals surface area contributed by atoms with Gasteiger partial charge in [0.05, 0.1) is 6.54 Å². The zero-order chi connectivity index (χ0) is 22.0. The average Bonchev–Trinajstić information content (AvgIpc) is 3.13. The molecule has 0 spiro atoms. The lowest BCUT2D eigenvalue weighted by Gasteiger charge is -2.27. The molecule has 3 N–H and O–H groups in total. The number of hydrogen-bond acceptors (Lipinski definition) is 6. The zero-order valence-corrected chi connectivity index (χ0v) is 17.4. The number of fused-ring (bicyclic) bond motifs is 1. The fourth-order valence-electron chi connectivity index (χ4n) is 2.69. The van der Waals surface area contributed by atoms with Gasteiger partial charge in [-0.1, -0.05) is 11.8 Å². The molecule has 0 bridgehead atoms. The number of aromatic nitrogens is 1. The number of hydroxylamine groups is 1. The van der Waals surface area contributed by atoms with E-state index in [1.165, 1.54) is 21.9 Å². The van der Waals surface area contributed by atoms with E-state index in [0.717, 1.165) is 6.26 Å². The van der Waals surface area contributed by atoms with E-state index in [1.807, 2.05) is 0 Å². The minimum Gasteiger partial charge on any atom is -0.378 e. The van der Waals surface area contributed by atoms with E-state index in [9.17, 15) is 23.1 Å². The van der Waals surface area contributed by atoms with Gasteiger partial charge in [-0.25, -0.2) is 18.7 Å². The SMILES string of the molecule is CC(C)(O)C#CC#Cc1cc2n(c1)C(=O)N(CCC(C)(C(=O)NO)S(C)(=O)=O)C2. The van der Waals surface area contributed by atoms with Crippen molar-refractivity contribution in [1.82, 2.24) is 14.9 Å². The second kappa shape index (κ2) is 7.91. The number of nitrogens with one attached hydrogen (secondary N) is 1. The molecule has 0 aliphatic carbocycles. The molecule has 0 aromatic carbocycles. The number of rotatable bonds is 5. The van der Waals surface area contributed by atoms with E-state index in [0.29, 0.717) is 11.3 Å². The van der Waals surface area contributed by atoms with Gasteiger partial charge in [-0.3, -0.25) is 14.6 Å². The summed E-state index contributed by atoms with van der Waals surface area (Å²) in [4.78, 5) is 25.8. The van der Waals surface area contributed by atoms with Crippen molar-refractivity contribution >= 4 is 21.8 Å². The summed E-state index contributed by atoms with van der Waals surface area (Å²) >= 11 is 0. The van der Waals surface area contributed by atoms with Crippen molar-refractivity contribution in [3.05, 3.63) is 23.5 Å². The predicted molar refractivity (Wildman–Crippen MR) is 104 cm³/mol. The summed E-state index contributed by atoms with van der Waals surface area (Å²) in [6.45, 7) is 4.53. The van der Waals surface area contributed by atoms with Gasteiger partial charge < -0.3 is 10.0 Å². The molecule has 0 fully saturated rings. The summed E-state index contributed by atoms with van der Waals surface area (Å²) in [5.41, 5.74) is 1.50. The van der Waals surface area contributed by atoms with Crippen molar-refractivity contribution in [3.63, 3.8) is 0 Å². The highest BCUT2D eigenvalue weighted by Crippen LogP contribution is 2.25. The van der Waals surface area contributed by atoms with Gasteiger partial charge in [0.1, 0.15) is 5.60 Å². The van der Waals surface area contributed by atoms with Gasteiger partial charge in [0, 0.05) is 30.3 Å². The van der Waals surface area contributed by atoms with Crippen molar-refractivity contribution in [2.24, 2.45) is 0 Å². The normalized spacial score (nSPS) is 15.5. The van der Waals surface area contributed by atoms with Crippen LogP contribution < -0.4 is 5.48 Å². The molecule has 29 heavy (non-hydrogen) atoms. The molecular weight excluding hydrogens is 398 g/mol. The minimum absolute atomic E-state index is 0.00950. The van der Waals surface area contributed by atoms with Gasteiger partial charge in [-0.15, -0.1) is 0 Å². The molecule has 9 nitrogen and oxygen atoms in total. The zero-order valence-electron chi connectivity index (χ0n) is 16.6. The average molecular weight is 421 g/mol. The number of nitrogens with zero attached hydrogens (tertiary/aromatic N) is 2. The lowest BCUT2D eigenvalue weighted by Crippen LogP contribution is -2.50. The first-order chi connectivity index (χ1) is 13.3. The van der Waals surface area contributed by atoms with Crippen LogP contribution >= 0.6 is 0 Å². The number of hydrogen-bond donors (Lipinski definition) is 3. The maximum Gasteiger partial charge on any atom is 0.328 e. The molecule has 2 amide bonds. The molecule has 0 saturated carbocycles. The molecule has 156 valence electrons. The van der Waals surface area contributed by atoms with Crippen LogP contribution in [0.3, 0.4) is 0 Å². The Balaban J connectivity index is 2.11. The molecule has 1 unspecified atom stereocenters. The topological polar surface area (TPSA) is 129 Å². The van der Waals surface area contributed by atoms with E-state index in [-0.39, 0.29) is 25.5 Å². The second-order valence-electron chi connectivity index (χ2n) is 7.55. The van der Waals surface area contributed by atoms with Crippen molar-refractivity contribution in [3.8, 4) is 23.7 Å². The molecule has 1 aliphatic heterocycles. The lowest BCUT2D eigenvalue weighted by atomic mass is 10.1. The maximum absolute atomic E-state index is 12.6. The summed E-state index contributed by atoms with van der Waals surface area (Å²) in [6.07, 6.45) is 2.28. The lowest BCUT2D eigenvalue weighted by molar-refractivity contribution is -0.131. The second-order valence-corrected chi connectivity index (χ2v) is 9.99. The number of carbonyl (C=O) groups is 2. The van der Waals surface area contributed by atoms with Gasteiger partial charge in [0.2, 0.25) is 0 Å². The van der Waals surface area contributed by atoms with Crippen molar-refractivity contribution in [2.45, 2.75) is 44.1 Å². The van der Waals surface area contributed by atoms with Crippen LogP contribution in [0.15, 0.2) is 12.3 Å². The summed E-state index contributed by atoms with van der Waals surface area (Å²) in [6, 6.07) is 1.35. The van der Waals surface area contributed by atoms with Crippen molar-refractivity contribution in [2.75, 3.05) is 12.8 Å². The number of amides is 2. The summed E-state index contributed by atoms with van der Waals surface area (Å²) in [5.74, 6) is 9.47. The summed E-state index contributed by atoms with van der Waals surface area (Å²) in [7, 11) is -3.83. The third-order valence-corrected chi connectivity index (χ3v) is 6.65. The van der Waals surface area contributed by atoms with Crippen LogP contribution in [0.2, 0.25) is 0 Å². The standard InChI is InChI=1S/C19H23N3O6S/c1-18(2,25)8-6-5-7-14-11-15-13-21(17(24)22(15)12-14)10-9-19(3,16(23)20-26)29(4,27)28/h11-12,25-26H,9-10,13H2,1-4H3,(H,20,23). The van der Waals surface area contributed by atoms with E-state index in [2.05, 4.69) is 23.7 Å². The molecule has 10 heteroatoms. The molecular formula is C19H23N3O6S. The summed E-state index contributed by atoms with van der Waals surface area (Å²) < 4.78 is 23.6.